The summed E-state index contributed by atoms with van der Waals surface area (Å²) in [6.07, 6.45) is 0. The van der Waals surface area contributed by atoms with Gasteiger partial charge in [-0.2, -0.15) is 0 Å². The summed E-state index contributed by atoms with van der Waals surface area (Å²) in [6.45, 7) is 0. The van der Waals surface area contributed by atoms with Gasteiger partial charge in [-0.1, -0.05) is 27.9 Å². The first kappa shape index (κ1) is 37.5. The van der Waals surface area contributed by atoms with E-state index < -0.39 is 68.8 Å². The van der Waals surface area contributed by atoms with Gasteiger partial charge in [0.1, 0.15) is 91.2 Å². The van der Waals surface area contributed by atoms with Crippen LogP contribution < -0.4 is 32.8 Å². The first-order valence-corrected chi connectivity index (χ1v) is 20.8. The minimum absolute atomic E-state index is 0.00295. The van der Waals surface area contributed by atoms with Crippen molar-refractivity contribution in [2.45, 2.75) is 0 Å². The molecule has 0 amide bonds. The van der Waals surface area contributed by atoms with Crippen LogP contribution in [-0.2, 0) is 0 Å². The molecule has 0 saturated heterocycles. The lowest BCUT2D eigenvalue weighted by molar-refractivity contribution is 0.0906. The van der Waals surface area contributed by atoms with Crippen LogP contribution in [0.25, 0.3) is 128 Å². The second-order valence-corrected chi connectivity index (χ2v) is 18.2. The lowest BCUT2D eigenvalue weighted by Crippen LogP contribution is -2.31. The molecule has 16 nitrogen and oxygen atoms in total. The molecule has 0 aliphatic carbocycles. The molecular weight excluding hydrogens is 885 g/mol. The monoisotopic (exact) mass is 898 g/mol. The number of nitrogens with zero attached hydrogens (tertiary/aromatic N) is 2. The van der Waals surface area contributed by atoms with Crippen molar-refractivity contribution in [2.24, 2.45) is 0 Å². The Morgan fingerprint density at radius 2 is 0.894 bits per heavy atom. The Kier molecular flexibility index (Phi) is 6.34. The Labute approximate surface area is 377 Å². The van der Waals surface area contributed by atoms with Crippen LogP contribution in [0.2, 0.25) is 0 Å². The van der Waals surface area contributed by atoms with Crippen LogP contribution in [0.3, 0.4) is 0 Å². The van der Waals surface area contributed by atoms with E-state index in [9.17, 15) is 56.2 Å². The second-order valence-electron chi connectivity index (χ2n) is 16.2. The zero-order chi connectivity index (χ0) is 46.1. The fraction of sp³-hybridized carbons (Fsp3) is 0. The Morgan fingerprint density at radius 1 is 0.348 bits per heavy atom. The van der Waals surface area contributed by atoms with Crippen molar-refractivity contribution in [1.29, 1.82) is 0 Å². The summed E-state index contributed by atoms with van der Waals surface area (Å²) in [5, 5.41) is 127. The molecule has 0 unspecified atom stereocenters. The van der Waals surface area contributed by atoms with Gasteiger partial charge in [0.05, 0.1) is 58.6 Å². The molecule has 304 valence electrons. The molecule has 0 aliphatic heterocycles. The molecule has 0 bridgehead atoms. The highest BCUT2D eigenvalue weighted by molar-refractivity contribution is 7.27. The number of phenols is 11. The number of rotatable bonds is 1. The molecule has 0 aliphatic rings. The summed E-state index contributed by atoms with van der Waals surface area (Å²) in [4.78, 5) is 0. The van der Waals surface area contributed by atoms with Crippen molar-refractivity contribution in [3.8, 4) is 74.4 Å². The molecule has 7 aromatic carbocycles. The van der Waals surface area contributed by atoms with Gasteiger partial charge < -0.3 is 65.0 Å². The number of hydrogen-bond acceptors (Lipinski definition) is 16. The van der Waals surface area contributed by atoms with E-state index in [1.54, 1.807) is 0 Å². The quantitative estimate of drug-likeness (QED) is 0.0490. The minimum atomic E-state index is -1.04. The van der Waals surface area contributed by atoms with Crippen LogP contribution in [0.5, 0.6) is 63.2 Å². The normalized spacial score (nSPS) is 13.0. The number of fused-ring (bicyclic) bond motifs is 8. The van der Waals surface area contributed by atoms with Gasteiger partial charge in [-0.25, -0.2) is 0 Å². The summed E-state index contributed by atoms with van der Waals surface area (Å²) in [6, 6.07) is 1.30. The molecule has 14 aromatic rings. The van der Waals surface area contributed by atoms with Crippen molar-refractivity contribution in [3.63, 3.8) is 0 Å². The number of aromatic hydroxyl groups is 11. The average molecular weight is 898 g/mol. The Balaban J connectivity index is 1.30. The molecule has 0 saturated carbocycles. The average Bonchev–Trinajstić information content (AvgIpc) is 4.02. The van der Waals surface area contributed by atoms with Gasteiger partial charge in [-0.15, -0.1) is 22.7 Å². The van der Waals surface area contributed by atoms with Crippen LogP contribution >= 0.6 is 22.7 Å². The topological polar surface area (TPSA) is 271 Å². The SMILES string of the molecule is [B]c1cc2c(oc3c([B])c([B])c(O)c([B])c32)c(-c2c([B])c3sc4c5ooc6c(O)c(O)c([B])c7sc8c(O)c(O)c(O)c9c(c%10c%11c(O)c(O)c(O)c%12c(c2O)c3n(c%12%11)c4%10)c5n(c67)c89)c1O. The molecule has 0 spiro atoms. The van der Waals surface area contributed by atoms with Crippen molar-refractivity contribution < 1.29 is 69.7 Å². The fourth-order valence-corrected chi connectivity index (χ4v) is 12.8. The van der Waals surface area contributed by atoms with E-state index in [4.69, 9.17) is 60.6 Å². The fourth-order valence-electron chi connectivity index (χ4n) is 10.4. The number of phenolic OH excluding ortho intramolecular Hbond substituents is 11. The van der Waals surface area contributed by atoms with Crippen molar-refractivity contribution in [3.05, 3.63) is 6.07 Å². The summed E-state index contributed by atoms with van der Waals surface area (Å²) in [5.41, 5.74) is -2.81. The highest BCUT2D eigenvalue weighted by Gasteiger charge is 2.39. The first-order chi connectivity index (χ1) is 31.4. The van der Waals surface area contributed by atoms with Crippen LogP contribution in [0, 0.1) is 0 Å². The maximum atomic E-state index is 12.6. The smallest absolute Gasteiger partial charge is 0.249 e. The van der Waals surface area contributed by atoms with Crippen LogP contribution in [0.1, 0.15) is 0 Å². The second kappa shape index (κ2) is 11.2. The van der Waals surface area contributed by atoms with E-state index >= 15 is 0 Å². The zero-order valence-electron chi connectivity index (χ0n) is 32.4. The van der Waals surface area contributed by atoms with Crippen molar-refractivity contribution >= 4 is 220 Å². The predicted molar refractivity (Wildman–Crippen MR) is 254 cm³/mol. The lowest BCUT2D eigenvalue weighted by atomic mass is 9.73. The Hall–Kier alpha value is -7.83. The number of aromatic nitrogens is 2. The first-order valence-electron chi connectivity index (χ1n) is 19.2. The van der Waals surface area contributed by atoms with Crippen molar-refractivity contribution in [1.82, 2.24) is 8.80 Å². The molecule has 7 heterocycles. The molecule has 0 fully saturated rings. The summed E-state index contributed by atoms with van der Waals surface area (Å²) in [7, 11) is 38.6. The predicted octanol–water partition coefficient (Wildman–Crippen LogP) is 2.69. The maximum absolute atomic E-state index is 12.6. The van der Waals surface area contributed by atoms with Crippen LogP contribution in [-0.4, -0.2) is 112 Å². The summed E-state index contributed by atoms with van der Waals surface area (Å²) >= 11 is 1.69. The lowest BCUT2D eigenvalue weighted by Gasteiger charge is -2.18. The largest absolute Gasteiger partial charge is 0.509 e. The van der Waals surface area contributed by atoms with Gasteiger partial charge in [0.2, 0.25) is 28.4 Å². The maximum Gasteiger partial charge on any atom is 0.249 e. The highest BCUT2D eigenvalue weighted by Crippen LogP contribution is 2.62. The Bertz CT molecular complexity index is 4740. The third-order valence-electron chi connectivity index (χ3n) is 13.2. The standard InChI is InChI=1S/C42H12B6N2O14S2/c43-3-1-2-4-13(44)29(56)15(46)16(47)36(4)62-35(2)12(24(3)51)7-14(45)39-21-11(25(7)52)10-18-8(26(53)31(58)28(10)55)6-5-9-22-41(34(61)32(59)27(9)54)65-40-17(48)30(57)33(60)37-23(40)50(22)19(5)38(64-63-37)42(66-39)20(6)49(18)21/h1,51-61H. The highest BCUT2D eigenvalue weighted by atomic mass is 32.1. The molecule has 24 heteroatoms. The van der Waals surface area contributed by atoms with Gasteiger partial charge >= 0.3 is 0 Å². The molecule has 11 N–H and O–H groups in total. The van der Waals surface area contributed by atoms with E-state index in [0.717, 1.165) is 22.7 Å². The summed E-state index contributed by atoms with van der Waals surface area (Å²) in [5.74, 6) is -8.85. The van der Waals surface area contributed by atoms with Gasteiger partial charge in [-0.3, -0.25) is 13.6 Å². The van der Waals surface area contributed by atoms with Gasteiger partial charge in [0.15, 0.2) is 28.7 Å². The third kappa shape index (κ3) is 3.62. The van der Waals surface area contributed by atoms with E-state index in [-0.39, 0.29) is 156 Å². The molecule has 66 heavy (non-hydrogen) atoms. The number of hydrogen-bond donors (Lipinski definition) is 11. The van der Waals surface area contributed by atoms with Gasteiger partial charge in [0.25, 0.3) is 0 Å². The minimum Gasteiger partial charge on any atom is -0.509 e. The molecule has 14 rings (SSSR count). The van der Waals surface area contributed by atoms with Gasteiger partial charge in [-0.05, 0) is 10.9 Å². The van der Waals surface area contributed by atoms with Crippen LogP contribution in [0.15, 0.2) is 19.6 Å². The third-order valence-corrected chi connectivity index (χ3v) is 15.6. The Morgan fingerprint density at radius 3 is 1.61 bits per heavy atom. The molecule has 0 atom stereocenters. The van der Waals surface area contributed by atoms with Crippen molar-refractivity contribution in [2.75, 3.05) is 0 Å². The van der Waals surface area contributed by atoms with Gasteiger partial charge in [0, 0.05) is 31.8 Å². The van der Waals surface area contributed by atoms with E-state index in [1.165, 1.54) is 14.9 Å². The zero-order valence-corrected chi connectivity index (χ0v) is 34.0. The van der Waals surface area contributed by atoms with Crippen LogP contribution in [0.4, 0.5) is 0 Å². The molecular formula is C42H12B6N2O14S2. The molecule has 7 aromatic heterocycles. The number of benzene rings is 7. The van der Waals surface area contributed by atoms with E-state index in [0.29, 0.717) is 0 Å². The number of furan rings is 1. The molecule has 12 radical (unpaired) electrons. The van der Waals surface area contributed by atoms with E-state index in [1.807, 2.05) is 0 Å². The van der Waals surface area contributed by atoms with E-state index in [2.05, 4.69) is 0 Å². The summed E-state index contributed by atoms with van der Waals surface area (Å²) < 4.78 is 21.4.